The van der Waals surface area contributed by atoms with Crippen LogP contribution in [0, 0.1) is 12.3 Å². The van der Waals surface area contributed by atoms with Crippen LogP contribution in [0.5, 0.6) is 0 Å². The maximum atomic E-state index is 5.35. The lowest BCUT2D eigenvalue weighted by molar-refractivity contribution is 0.523. The number of hydrogen-bond acceptors (Lipinski definition) is 2. The number of nitrogens with one attached hydrogen (secondary N) is 1. The molecule has 0 aliphatic heterocycles. The van der Waals surface area contributed by atoms with Crippen LogP contribution in [-0.2, 0) is 0 Å². The van der Waals surface area contributed by atoms with Crippen molar-refractivity contribution in [3.05, 3.63) is 42.1 Å². The van der Waals surface area contributed by atoms with Crippen molar-refractivity contribution in [2.24, 2.45) is 0 Å². The quantitative estimate of drug-likeness (QED) is 0.808. The second-order valence-corrected chi connectivity index (χ2v) is 4.31. The van der Waals surface area contributed by atoms with E-state index in [9.17, 15) is 0 Å². The van der Waals surface area contributed by atoms with E-state index in [0.29, 0.717) is 6.04 Å². The standard InChI is InChI=1S/C16H18N2/c1-3-5-8-15(17-4-2)14-9-10-16-13(12-14)7-6-11-18-16/h1,6-7,9-12,15,17H,4-5,8H2,2H3. The first-order valence-electron chi connectivity index (χ1n) is 6.36. The van der Waals surface area contributed by atoms with Gasteiger partial charge in [0, 0.05) is 24.0 Å². The summed E-state index contributed by atoms with van der Waals surface area (Å²) in [7, 11) is 0. The summed E-state index contributed by atoms with van der Waals surface area (Å²) in [5.41, 5.74) is 2.32. The van der Waals surface area contributed by atoms with Gasteiger partial charge in [-0.15, -0.1) is 12.3 Å². The van der Waals surface area contributed by atoms with Crippen molar-refractivity contribution in [2.75, 3.05) is 6.54 Å². The SMILES string of the molecule is C#CCCC(NCC)c1ccc2ncccc2c1. The van der Waals surface area contributed by atoms with Crippen molar-refractivity contribution in [3.63, 3.8) is 0 Å². The number of aromatic nitrogens is 1. The fourth-order valence-corrected chi connectivity index (χ4v) is 2.17. The van der Waals surface area contributed by atoms with E-state index in [1.54, 1.807) is 0 Å². The van der Waals surface area contributed by atoms with E-state index in [0.717, 1.165) is 24.9 Å². The molecule has 0 spiro atoms. The van der Waals surface area contributed by atoms with Gasteiger partial charge in [0.15, 0.2) is 0 Å². The number of benzene rings is 1. The van der Waals surface area contributed by atoms with Crippen LogP contribution in [-0.4, -0.2) is 11.5 Å². The van der Waals surface area contributed by atoms with Gasteiger partial charge in [-0.05, 0) is 36.7 Å². The first-order valence-corrected chi connectivity index (χ1v) is 6.36. The highest BCUT2D eigenvalue weighted by atomic mass is 14.9. The Balaban J connectivity index is 2.29. The number of hydrogen-bond donors (Lipinski definition) is 1. The number of pyridine rings is 1. The van der Waals surface area contributed by atoms with Crippen LogP contribution < -0.4 is 5.32 Å². The molecule has 2 heteroatoms. The molecule has 2 nitrogen and oxygen atoms in total. The van der Waals surface area contributed by atoms with Crippen molar-refractivity contribution >= 4 is 10.9 Å². The van der Waals surface area contributed by atoms with Crippen LogP contribution in [0.3, 0.4) is 0 Å². The Hall–Kier alpha value is -1.85. The molecule has 0 saturated heterocycles. The Morgan fingerprint density at radius 1 is 1.39 bits per heavy atom. The minimum atomic E-state index is 0.329. The van der Waals surface area contributed by atoms with Gasteiger partial charge in [0.05, 0.1) is 5.52 Å². The molecule has 1 aromatic carbocycles. The predicted molar refractivity (Wildman–Crippen MR) is 76.2 cm³/mol. The lowest BCUT2D eigenvalue weighted by Crippen LogP contribution is -2.20. The van der Waals surface area contributed by atoms with Crippen LogP contribution in [0.2, 0.25) is 0 Å². The number of rotatable bonds is 5. The van der Waals surface area contributed by atoms with E-state index in [1.165, 1.54) is 10.9 Å². The van der Waals surface area contributed by atoms with Gasteiger partial charge in [0.1, 0.15) is 0 Å². The molecule has 2 aromatic rings. The third-order valence-corrected chi connectivity index (χ3v) is 3.06. The minimum Gasteiger partial charge on any atom is -0.310 e. The van der Waals surface area contributed by atoms with Crippen LogP contribution in [0.4, 0.5) is 0 Å². The smallest absolute Gasteiger partial charge is 0.0702 e. The van der Waals surface area contributed by atoms with E-state index >= 15 is 0 Å². The van der Waals surface area contributed by atoms with Crippen molar-refractivity contribution in [2.45, 2.75) is 25.8 Å². The monoisotopic (exact) mass is 238 g/mol. The number of fused-ring (bicyclic) bond motifs is 1. The normalized spacial score (nSPS) is 12.2. The summed E-state index contributed by atoms with van der Waals surface area (Å²) in [5, 5.41) is 4.66. The maximum Gasteiger partial charge on any atom is 0.0702 e. The van der Waals surface area contributed by atoms with Crippen molar-refractivity contribution < 1.29 is 0 Å². The van der Waals surface area contributed by atoms with Crippen molar-refractivity contribution in [1.29, 1.82) is 0 Å². The molecular formula is C16H18N2. The average Bonchev–Trinajstić information content (AvgIpc) is 2.43. The van der Waals surface area contributed by atoms with Gasteiger partial charge in [-0.3, -0.25) is 4.98 Å². The van der Waals surface area contributed by atoms with E-state index in [-0.39, 0.29) is 0 Å². The van der Waals surface area contributed by atoms with Crippen LogP contribution in [0.1, 0.15) is 31.4 Å². The van der Waals surface area contributed by atoms with Gasteiger partial charge < -0.3 is 5.32 Å². The highest BCUT2D eigenvalue weighted by Crippen LogP contribution is 2.22. The minimum absolute atomic E-state index is 0.329. The Morgan fingerprint density at radius 3 is 3.06 bits per heavy atom. The largest absolute Gasteiger partial charge is 0.310 e. The molecule has 0 aliphatic carbocycles. The third-order valence-electron chi connectivity index (χ3n) is 3.06. The molecule has 2 rings (SSSR count). The van der Waals surface area contributed by atoms with E-state index in [2.05, 4.69) is 47.4 Å². The number of nitrogens with zero attached hydrogens (tertiary/aromatic N) is 1. The second-order valence-electron chi connectivity index (χ2n) is 4.31. The molecule has 0 amide bonds. The van der Waals surface area contributed by atoms with Gasteiger partial charge in [-0.2, -0.15) is 0 Å². The first kappa shape index (κ1) is 12.6. The highest BCUT2D eigenvalue weighted by molar-refractivity contribution is 5.79. The third kappa shape index (κ3) is 2.88. The van der Waals surface area contributed by atoms with Gasteiger partial charge >= 0.3 is 0 Å². The summed E-state index contributed by atoms with van der Waals surface area (Å²) in [5.74, 6) is 2.71. The topological polar surface area (TPSA) is 24.9 Å². The van der Waals surface area contributed by atoms with E-state index < -0.39 is 0 Å². The highest BCUT2D eigenvalue weighted by Gasteiger charge is 2.09. The summed E-state index contributed by atoms with van der Waals surface area (Å²) in [6, 6.07) is 10.8. The molecule has 0 aliphatic rings. The average molecular weight is 238 g/mol. The van der Waals surface area contributed by atoms with Crippen molar-refractivity contribution in [1.82, 2.24) is 10.3 Å². The Morgan fingerprint density at radius 2 is 2.28 bits per heavy atom. The zero-order valence-electron chi connectivity index (χ0n) is 10.7. The molecular weight excluding hydrogens is 220 g/mol. The van der Waals surface area contributed by atoms with Gasteiger partial charge in [0.2, 0.25) is 0 Å². The molecule has 0 fully saturated rings. The van der Waals surface area contributed by atoms with Crippen LogP contribution in [0.25, 0.3) is 10.9 Å². The van der Waals surface area contributed by atoms with Gasteiger partial charge in [-0.25, -0.2) is 0 Å². The lowest BCUT2D eigenvalue weighted by atomic mass is 10.00. The van der Waals surface area contributed by atoms with Gasteiger partial charge in [-0.1, -0.05) is 19.1 Å². The second kappa shape index (κ2) is 6.18. The van der Waals surface area contributed by atoms with E-state index in [1.807, 2.05) is 12.3 Å². The lowest BCUT2D eigenvalue weighted by Gasteiger charge is -2.17. The zero-order chi connectivity index (χ0) is 12.8. The Bertz CT molecular complexity index is 554. The fraction of sp³-hybridized carbons (Fsp3) is 0.312. The molecule has 1 heterocycles. The molecule has 0 saturated carbocycles. The molecule has 18 heavy (non-hydrogen) atoms. The molecule has 1 N–H and O–H groups in total. The summed E-state index contributed by atoms with van der Waals surface area (Å²) in [6.45, 7) is 3.06. The fourth-order valence-electron chi connectivity index (χ4n) is 2.17. The van der Waals surface area contributed by atoms with Crippen LogP contribution in [0.15, 0.2) is 36.5 Å². The molecule has 0 radical (unpaired) electrons. The first-order chi connectivity index (χ1) is 8.85. The zero-order valence-corrected chi connectivity index (χ0v) is 10.7. The molecule has 92 valence electrons. The summed E-state index contributed by atoms with van der Waals surface area (Å²) < 4.78 is 0. The Kier molecular flexibility index (Phi) is 4.33. The molecule has 1 aromatic heterocycles. The molecule has 0 bridgehead atoms. The summed E-state index contributed by atoms with van der Waals surface area (Å²) in [6.07, 6.45) is 8.94. The van der Waals surface area contributed by atoms with Crippen LogP contribution >= 0.6 is 0 Å². The summed E-state index contributed by atoms with van der Waals surface area (Å²) in [4.78, 5) is 4.34. The van der Waals surface area contributed by atoms with Gasteiger partial charge in [0.25, 0.3) is 0 Å². The maximum absolute atomic E-state index is 5.35. The molecule has 1 unspecified atom stereocenters. The number of terminal acetylenes is 1. The van der Waals surface area contributed by atoms with Crippen molar-refractivity contribution in [3.8, 4) is 12.3 Å². The van der Waals surface area contributed by atoms with E-state index in [4.69, 9.17) is 6.42 Å². The molecule has 1 atom stereocenters. The Labute approximate surface area is 108 Å². The summed E-state index contributed by atoms with van der Waals surface area (Å²) >= 11 is 0. The predicted octanol–water partition coefficient (Wildman–Crippen LogP) is 3.30.